The second-order valence-electron chi connectivity index (χ2n) is 2.84. The second kappa shape index (κ2) is 5.95. The molecule has 0 aromatic carbocycles. The van der Waals surface area contributed by atoms with E-state index in [1.165, 1.54) is 5.32 Å². The lowest BCUT2D eigenvalue weighted by atomic mass is 10.5. The molecular formula is C6H8F4N2O5S. The van der Waals surface area contributed by atoms with Gasteiger partial charge in [0.05, 0.1) is 0 Å². The van der Waals surface area contributed by atoms with Crippen LogP contribution < -0.4 is 10.6 Å². The molecule has 7 nitrogen and oxygen atoms in total. The van der Waals surface area contributed by atoms with E-state index < -0.39 is 46.7 Å². The highest BCUT2D eigenvalue weighted by Crippen LogP contribution is 2.19. The van der Waals surface area contributed by atoms with E-state index in [-0.39, 0.29) is 0 Å². The minimum atomic E-state index is -5.92. The highest BCUT2D eigenvalue weighted by Gasteiger charge is 2.52. The fraction of sp³-hybridized carbons (Fsp3) is 0.667. The van der Waals surface area contributed by atoms with Crippen LogP contribution >= 0.6 is 0 Å². The largest absolute Gasteiger partial charge is 0.446 e. The van der Waals surface area contributed by atoms with Gasteiger partial charge in [0.25, 0.3) is 5.91 Å². The van der Waals surface area contributed by atoms with Gasteiger partial charge in [0, 0.05) is 13.1 Å². The van der Waals surface area contributed by atoms with Crippen LogP contribution in [0.4, 0.5) is 17.6 Å². The molecule has 12 heteroatoms. The lowest BCUT2D eigenvalue weighted by molar-refractivity contribution is -0.136. The van der Waals surface area contributed by atoms with Crippen molar-refractivity contribution in [1.29, 1.82) is 0 Å². The van der Waals surface area contributed by atoms with E-state index in [2.05, 4.69) is 0 Å². The Morgan fingerprint density at radius 2 is 1.61 bits per heavy atom. The molecule has 0 fully saturated rings. The van der Waals surface area contributed by atoms with E-state index in [1.54, 1.807) is 5.32 Å². The van der Waals surface area contributed by atoms with Gasteiger partial charge in [-0.15, -0.1) is 0 Å². The standard InChI is InChI=1S/C6H8F4N2O5S/c7-3(8)4(13)11-1-2-12-5(14)6(9,10)18(15,16)17/h3H,1-2H2,(H,11,13)(H,12,14)(H,15,16,17). The van der Waals surface area contributed by atoms with Gasteiger partial charge in [0.1, 0.15) is 0 Å². The van der Waals surface area contributed by atoms with E-state index in [0.717, 1.165) is 0 Å². The van der Waals surface area contributed by atoms with Crippen LogP contribution in [0.1, 0.15) is 0 Å². The summed E-state index contributed by atoms with van der Waals surface area (Å²) in [6, 6.07) is 0. The maximum Gasteiger partial charge on any atom is 0.446 e. The van der Waals surface area contributed by atoms with Crippen LogP contribution in [0.2, 0.25) is 0 Å². The Kier molecular flexibility index (Phi) is 5.48. The predicted octanol–water partition coefficient (Wildman–Crippen LogP) is -1.04. The third-order valence-electron chi connectivity index (χ3n) is 1.50. The maximum absolute atomic E-state index is 12.6. The molecule has 0 radical (unpaired) electrons. The maximum atomic E-state index is 12.6. The molecular weight excluding hydrogens is 288 g/mol. The van der Waals surface area contributed by atoms with Crippen LogP contribution in [-0.2, 0) is 19.7 Å². The van der Waals surface area contributed by atoms with E-state index in [9.17, 15) is 35.6 Å². The fourth-order valence-corrected chi connectivity index (χ4v) is 0.965. The zero-order valence-corrected chi connectivity index (χ0v) is 9.31. The average Bonchev–Trinajstić information content (AvgIpc) is 2.21. The minimum absolute atomic E-state index is 0.615. The highest BCUT2D eigenvalue weighted by atomic mass is 32.2. The summed E-state index contributed by atoms with van der Waals surface area (Å²) in [5.41, 5.74) is 0. The van der Waals surface area contributed by atoms with Crippen LogP contribution in [-0.4, -0.2) is 49.6 Å². The van der Waals surface area contributed by atoms with E-state index in [1.807, 2.05) is 0 Å². The summed E-state index contributed by atoms with van der Waals surface area (Å²) >= 11 is 0. The molecule has 0 rings (SSSR count). The summed E-state index contributed by atoms with van der Waals surface area (Å²) in [5.74, 6) is -4.01. The molecule has 18 heavy (non-hydrogen) atoms. The summed E-state index contributed by atoms with van der Waals surface area (Å²) in [4.78, 5) is 20.9. The van der Waals surface area contributed by atoms with Crippen LogP contribution in [0.3, 0.4) is 0 Å². The third kappa shape index (κ3) is 4.44. The summed E-state index contributed by atoms with van der Waals surface area (Å²) in [6.07, 6.45) is -3.31. The van der Waals surface area contributed by atoms with Crippen LogP contribution in [0.5, 0.6) is 0 Å². The Morgan fingerprint density at radius 1 is 1.17 bits per heavy atom. The smallest absolute Gasteiger partial charge is 0.349 e. The number of alkyl halides is 4. The van der Waals surface area contributed by atoms with Crippen molar-refractivity contribution in [3.63, 3.8) is 0 Å². The molecule has 0 spiro atoms. The molecule has 0 aromatic rings. The summed E-state index contributed by atoms with van der Waals surface area (Å²) in [5, 5.41) is -2.15. The molecule has 0 aliphatic rings. The SMILES string of the molecule is O=C(NCCNC(=O)C(F)(F)S(=O)(=O)O)C(F)F. The zero-order valence-electron chi connectivity index (χ0n) is 8.49. The first-order valence-electron chi connectivity index (χ1n) is 4.19. The molecule has 0 saturated carbocycles. The molecule has 0 aromatic heterocycles. The van der Waals surface area contributed by atoms with E-state index in [0.29, 0.717) is 0 Å². The summed E-state index contributed by atoms with van der Waals surface area (Å²) < 4.78 is 76.6. The van der Waals surface area contributed by atoms with Crippen molar-refractivity contribution in [3.8, 4) is 0 Å². The minimum Gasteiger partial charge on any atom is -0.349 e. The molecule has 0 aliphatic carbocycles. The third-order valence-corrected chi connectivity index (χ3v) is 2.33. The molecule has 3 N–H and O–H groups in total. The van der Waals surface area contributed by atoms with Crippen LogP contribution in [0.15, 0.2) is 0 Å². The van der Waals surface area contributed by atoms with Crippen molar-refractivity contribution in [2.45, 2.75) is 11.7 Å². The number of hydrogen-bond donors (Lipinski definition) is 3. The van der Waals surface area contributed by atoms with Gasteiger partial charge in [0.15, 0.2) is 0 Å². The average molecular weight is 296 g/mol. The van der Waals surface area contributed by atoms with E-state index in [4.69, 9.17) is 4.55 Å². The van der Waals surface area contributed by atoms with Gasteiger partial charge in [-0.3, -0.25) is 14.1 Å². The van der Waals surface area contributed by atoms with Crippen molar-refractivity contribution in [2.24, 2.45) is 0 Å². The van der Waals surface area contributed by atoms with Gasteiger partial charge in [-0.05, 0) is 0 Å². The van der Waals surface area contributed by atoms with Gasteiger partial charge in [0.2, 0.25) is 0 Å². The molecule has 2 amide bonds. The van der Waals surface area contributed by atoms with Gasteiger partial charge in [-0.1, -0.05) is 0 Å². The molecule has 0 unspecified atom stereocenters. The normalized spacial score (nSPS) is 12.3. The van der Waals surface area contributed by atoms with Crippen LogP contribution in [0, 0.1) is 0 Å². The first-order valence-corrected chi connectivity index (χ1v) is 5.63. The van der Waals surface area contributed by atoms with Gasteiger partial charge < -0.3 is 10.6 Å². The quantitative estimate of drug-likeness (QED) is 0.329. The molecule has 0 aliphatic heterocycles. The lowest BCUT2D eigenvalue weighted by Crippen LogP contribution is -2.47. The zero-order chi connectivity index (χ0) is 14.6. The monoisotopic (exact) mass is 296 g/mol. The first-order chi connectivity index (χ1) is 8.00. The molecule has 0 atom stereocenters. The molecule has 106 valence electrons. The Balaban J connectivity index is 4.18. The first kappa shape index (κ1) is 16.6. The summed E-state index contributed by atoms with van der Waals surface area (Å²) in [7, 11) is -5.92. The van der Waals surface area contributed by atoms with Crippen molar-refractivity contribution in [3.05, 3.63) is 0 Å². The Bertz CT molecular complexity index is 424. The number of carbonyl (C=O) groups excluding carboxylic acids is 2. The van der Waals surface area contributed by atoms with Crippen molar-refractivity contribution in [1.82, 2.24) is 10.6 Å². The number of nitrogens with one attached hydrogen (secondary N) is 2. The van der Waals surface area contributed by atoms with Crippen molar-refractivity contribution in [2.75, 3.05) is 13.1 Å². The van der Waals surface area contributed by atoms with Gasteiger partial charge >= 0.3 is 27.7 Å². The predicted molar refractivity (Wildman–Crippen MR) is 48.5 cm³/mol. The number of halogens is 4. The van der Waals surface area contributed by atoms with Gasteiger partial charge in [-0.25, -0.2) is 0 Å². The van der Waals surface area contributed by atoms with Crippen molar-refractivity contribution < 1.29 is 40.1 Å². The Hall–Kier alpha value is -1.43. The molecule has 0 bridgehead atoms. The number of carbonyl (C=O) groups is 2. The molecule has 0 heterocycles. The van der Waals surface area contributed by atoms with E-state index >= 15 is 0 Å². The topological polar surface area (TPSA) is 113 Å². The lowest BCUT2D eigenvalue weighted by Gasteiger charge is -2.12. The number of hydrogen-bond acceptors (Lipinski definition) is 4. The second-order valence-corrected chi connectivity index (χ2v) is 4.30. The highest BCUT2D eigenvalue weighted by molar-refractivity contribution is 7.87. The summed E-state index contributed by atoms with van der Waals surface area (Å²) in [6.45, 7) is -1.33. The van der Waals surface area contributed by atoms with Gasteiger partial charge in [-0.2, -0.15) is 26.0 Å². The van der Waals surface area contributed by atoms with Crippen molar-refractivity contribution >= 4 is 21.9 Å². The van der Waals surface area contributed by atoms with Crippen LogP contribution in [0.25, 0.3) is 0 Å². The Morgan fingerprint density at radius 3 is 2.00 bits per heavy atom. The Labute approximate surface area is 98.3 Å². The number of rotatable bonds is 6. The molecule has 0 saturated heterocycles. The number of amides is 2. The fourth-order valence-electron chi connectivity index (χ4n) is 0.659.